The van der Waals surface area contributed by atoms with E-state index < -0.39 is 6.10 Å². The van der Waals surface area contributed by atoms with Crippen molar-refractivity contribution in [3.8, 4) is 11.5 Å². The quantitative estimate of drug-likeness (QED) is 0.678. The molecule has 0 saturated carbocycles. The number of hydrogen-bond donors (Lipinski definition) is 1. The van der Waals surface area contributed by atoms with Gasteiger partial charge in [-0.2, -0.15) is 0 Å². The lowest BCUT2D eigenvalue weighted by molar-refractivity contribution is -0.935. The Bertz CT molecular complexity index is 701. The Balaban J connectivity index is 1.91. The van der Waals surface area contributed by atoms with Gasteiger partial charge < -0.3 is 23.8 Å². The van der Waals surface area contributed by atoms with Crippen LogP contribution < -0.4 is 9.47 Å². The molecule has 0 aromatic heterocycles. The van der Waals surface area contributed by atoms with E-state index in [1.54, 1.807) is 21.3 Å². The summed E-state index contributed by atoms with van der Waals surface area (Å²) >= 11 is 0. The molecule has 1 aromatic rings. The molecular formula is C19H26NO4+. The van der Waals surface area contributed by atoms with E-state index in [0.717, 1.165) is 35.5 Å². The Morgan fingerprint density at radius 3 is 2.50 bits per heavy atom. The van der Waals surface area contributed by atoms with Crippen LogP contribution in [0.25, 0.3) is 0 Å². The van der Waals surface area contributed by atoms with E-state index in [9.17, 15) is 5.11 Å². The molecule has 1 fully saturated rings. The molecule has 5 nitrogen and oxygen atoms in total. The Hall–Kier alpha value is -1.56. The van der Waals surface area contributed by atoms with Gasteiger partial charge in [0.15, 0.2) is 11.5 Å². The monoisotopic (exact) mass is 332 g/mol. The van der Waals surface area contributed by atoms with Crippen LogP contribution in [0.4, 0.5) is 0 Å². The largest absolute Gasteiger partial charge is 0.493 e. The molecule has 2 heterocycles. The molecule has 5 unspecified atom stereocenters. The van der Waals surface area contributed by atoms with Crippen LogP contribution in [0.2, 0.25) is 0 Å². The molecule has 0 radical (unpaired) electrons. The summed E-state index contributed by atoms with van der Waals surface area (Å²) < 4.78 is 17.5. The predicted octanol–water partition coefficient (Wildman–Crippen LogP) is 1.84. The average molecular weight is 332 g/mol. The third kappa shape index (κ3) is 2.05. The fraction of sp³-hybridized carbons (Fsp3) is 0.579. The van der Waals surface area contributed by atoms with E-state index >= 15 is 0 Å². The minimum atomic E-state index is -0.545. The zero-order valence-electron chi connectivity index (χ0n) is 14.8. The van der Waals surface area contributed by atoms with E-state index in [2.05, 4.69) is 25.3 Å². The van der Waals surface area contributed by atoms with Crippen molar-refractivity contribution in [2.45, 2.75) is 37.1 Å². The number of rotatable bonds is 3. The topological polar surface area (TPSA) is 47.9 Å². The van der Waals surface area contributed by atoms with Gasteiger partial charge in [0.2, 0.25) is 0 Å². The average Bonchev–Trinajstić information content (AvgIpc) is 2.92. The van der Waals surface area contributed by atoms with Crippen LogP contribution >= 0.6 is 0 Å². The van der Waals surface area contributed by atoms with E-state index in [1.807, 2.05) is 0 Å². The van der Waals surface area contributed by atoms with Crippen molar-refractivity contribution < 1.29 is 23.8 Å². The van der Waals surface area contributed by atoms with Gasteiger partial charge in [-0.1, -0.05) is 0 Å². The fourth-order valence-corrected chi connectivity index (χ4v) is 5.08. The first-order valence-electron chi connectivity index (χ1n) is 8.53. The number of aliphatic hydroxyl groups excluding tert-OH is 1. The molecule has 1 aliphatic carbocycles. The molecule has 1 saturated heterocycles. The molecule has 130 valence electrons. The highest BCUT2D eigenvalue weighted by Crippen LogP contribution is 2.52. The van der Waals surface area contributed by atoms with E-state index in [-0.39, 0.29) is 12.0 Å². The second kappa shape index (κ2) is 5.48. The SMILES string of the molecule is COc1cc2c(cc1OC)C1C(O)C(OC)C=C3CC[N+](C)(C2)C31. The number of benzene rings is 1. The van der Waals surface area contributed by atoms with Crippen LogP contribution in [-0.4, -0.2) is 62.8 Å². The van der Waals surface area contributed by atoms with Crippen LogP contribution in [0.3, 0.4) is 0 Å². The van der Waals surface area contributed by atoms with Gasteiger partial charge in [-0.05, 0) is 29.3 Å². The number of methoxy groups -OCH3 is 3. The van der Waals surface area contributed by atoms with Gasteiger partial charge in [0.25, 0.3) is 0 Å². The predicted molar refractivity (Wildman–Crippen MR) is 90.3 cm³/mol. The summed E-state index contributed by atoms with van der Waals surface area (Å²) in [5, 5.41) is 11.0. The van der Waals surface area contributed by atoms with Gasteiger partial charge in [0, 0.05) is 19.1 Å². The lowest BCUT2D eigenvalue weighted by atomic mass is 9.72. The highest BCUT2D eigenvalue weighted by atomic mass is 16.5. The van der Waals surface area contributed by atoms with Crippen molar-refractivity contribution >= 4 is 0 Å². The summed E-state index contributed by atoms with van der Waals surface area (Å²) in [7, 11) is 7.30. The molecule has 1 N–H and O–H groups in total. The summed E-state index contributed by atoms with van der Waals surface area (Å²) in [6, 6.07) is 4.47. The normalized spacial score (nSPS) is 36.6. The number of quaternary nitrogens is 1. The number of ether oxygens (including phenoxy) is 3. The number of likely N-dealkylation sites (N-methyl/N-ethyl adjacent to an activating group) is 1. The molecule has 0 spiro atoms. The van der Waals surface area contributed by atoms with Gasteiger partial charge >= 0.3 is 0 Å². The Morgan fingerprint density at radius 2 is 1.83 bits per heavy atom. The van der Waals surface area contributed by atoms with Crippen molar-refractivity contribution in [3.05, 3.63) is 34.9 Å². The summed E-state index contributed by atoms with van der Waals surface area (Å²) in [4.78, 5) is 0. The van der Waals surface area contributed by atoms with Crippen molar-refractivity contribution in [3.63, 3.8) is 0 Å². The highest BCUT2D eigenvalue weighted by Gasteiger charge is 2.56. The van der Waals surface area contributed by atoms with E-state index in [0.29, 0.717) is 6.04 Å². The molecule has 1 aromatic carbocycles. The smallest absolute Gasteiger partial charge is 0.161 e. The van der Waals surface area contributed by atoms with Crippen LogP contribution in [0.15, 0.2) is 23.8 Å². The molecule has 3 aliphatic rings. The molecule has 0 amide bonds. The third-order valence-electron chi connectivity index (χ3n) is 6.19. The molecule has 5 heteroatoms. The molecule has 2 aliphatic heterocycles. The van der Waals surface area contributed by atoms with Crippen molar-refractivity contribution in [1.29, 1.82) is 0 Å². The molecule has 24 heavy (non-hydrogen) atoms. The third-order valence-corrected chi connectivity index (χ3v) is 6.19. The maximum atomic E-state index is 11.0. The van der Waals surface area contributed by atoms with Crippen molar-refractivity contribution in [2.24, 2.45) is 0 Å². The Labute approximate surface area is 143 Å². The zero-order valence-corrected chi connectivity index (χ0v) is 14.8. The summed E-state index contributed by atoms with van der Waals surface area (Å²) in [6.45, 7) is 2.06. The first-order chi connectivity index (χ1) is 11.5. The molecule has 4 rings (SSSR count). The van der Waals surface area contributed by atoms with Crippen LogP contribution in [-0.2, 0) is 11.3 Å². The lowest BCUT2D eigenvalue weighted by Crippen LogP contribution is -2.58. The molecule has 0 bridgehead atoms. The van der Waals surface area contributed by atoms with Crippen molar-refractivity contribution in [1.82, 2.24) is 0 Å². The second-order valence-corrected chi connectivity index (χ2v) is 7.42. The van der Waals surface area contributed by atoms with Gasteiger partial charge in [-0.15, -0.1) is 0 Å². The molecule has 5 atom stereocenters. The summed E-state index contributed by atoms with van der Waals surface area (Å²) in [5.74, 6) is 1.51. The highest BCUT2D eigenvalue weighted by molar-refractivity contribution is 5.51. The standard InChI is InChI=1S/C19H26NO4/c1-20-6-5-11-7-16(24-4)19(21)17(18(11)20)13-9-15(23-3)14(22-2)8-12(13)10-20/h7-9,16-19,21H,5-6,10H2,1-4H3/q+1. The van der Waals surface area contributed by atoms with Gasteiger partial charge in [-0.3, -0.25) is 0 Å². The van der Waals surface area contributed by atoms with E-state index in [4.69, 9.17) is 14.2 Å². The lowest BCUT2D eigenvalue weighted by Gasteiger charge is -2.49. The summed E-state index contributed by atoms with van der Waals surface area (Å²) in [5.41, 5.74) is 3.85. The van der Waals surface area contributed by atoms with Gasteiger partial charge in [0.05, 0.1) is 39.8 Å². The van der Waals surface area contributed by atoms with Crippen LogP contribution in [0, 0.1) is 0 Å². The Kier molecular flexibility index (Phi) is 3.64. The number of aliphatic hydroxyl groups is 1. The number of fused-ring (bicyclic) bond motifs is 2. The van der Waals surface area contributed by atoms with Crippen LogP contribution in [0.1, 0.15) is 23.5 Å². The first-order valence-corrected chi connectivity index (χ1v) is 8.53. The fourth-order valence-electron chi connectivity index (χ4n) is 5.08. The maximum Gasteiger partial charge on any atom is 0.161 e. The minimum Gasteiger partial charge on any atom is -0.493 e. The van der Waals surface area contributed by atoms with Gasteiger partial charge in [0.1, 0.15) is 18.7 Å². The Morgan fingerprint density at radius 1 is 1.12 bits per heavy atom. The second-order valence-electron chi connectivity index (χ2n) is 7.42. The number of nitrogens with zero attached hydrogens (tertiary/aromatic N) is 1. The number of hydrogen-bond acceptors (Lipinski definition) is 4. The van der Waals surface area contributed by atoms with Crippen LogP contribution in [0.5, 0.6) is 11.5 Å². The molecular weight excluding hydrogens is 306 g/mol. The zero-order chi connectivity index (χ0) is 17.1. The van der Waals surface area contributed by atoms with Gasteiger partial charge in [-0.25, -0.2) is 0 Å². The van der Waals surface area contributed by atoms with E-state index in [1.165, 1.54) is 16.7 Å². The minimum absolute atomic E-state index is 0.0333. The van der Waals surface area contributed by atoms with Crippen molar-refractivity contribution in [2.75, 3.05) is 34.9 Å². The first kappa shape index (κ1) is 15.9. The maximum absolute atomic E-state index is 11.0. The summed E-state index contributed by atoms with van der Waals surface area (Å²) in [6.07, 6.45) is 2.44.